The molecule has 13 heavy (non-hydrogen) atoms. The second-order valence-electron chi connectivity index (χ2n) is 2.35. The summed E-state index contributed by atoms with van der Waals surface area (Å²) in [6, 6.07) is 1.68. The lowest BCUT2D eigenvalue weighted by atomic mass is 10.2. The van der Waals surface area contributed by atoms with E-state index in [4.69, 9.17) is 0 Å². The lowest BCUT2D eigenvalue weighted by Gasteiger charge is -2.03. The zero-order valence-corrected chi connectivity index (χ0v) is 7.72. The van der Waals surface area contributed by atoms with Gasteiger partial charge in [-0.15, -0.1) is 12.4 Å². The molecule has 1 rings (SSSR count). The Morgan fingerprint density at radius 1 is 1.15 bits per heavy atom. The summed E-state index contributed by atoms with van der Waals surface area (Å²) in [4.78, 5) is 0. The van der Waals surface area contributed by atoms with Crippen LogP contribution in [0.1, 0.15) is 5.56 Å². The molecule has 0 saturated carbocycles. The van der Waals surface area contributed by atoms with Gasteiger partial charge < -0.3 is 5.32 Å². The third-order valence-corrected chi connectivity index (χ3v) is 1.49. The third-order valence-electron chi connectivity index (χ3n) is 1.49. The molecule has 0 bridgehead atoms. The Morgan fingerprint density at radius 3 is 2.23 bits per heavy atom. The van der Waals surface area contributed by atoms with Crippen molar-refractivity contribution in [2.45, 2.75) is 6.54 Å². The second-order valence-corrected chi connectivity index (χ2v) is 2.35. The quantitative estimate of drug-likeness (QED) is 0.740. The molecule has 0 unspecified atom stereocenters. The van der Waals surface area contributed by atoms with E-state index in [-0.39, 0.29) is 24.5 Å². The summed E-state index contributed by atoms with van der Waals surface area (Å²) >= 11 is 0. The van der Waals surface area contributed by atoms with E-state index in [1.165, 1.54) is 7.05 Å². The molecule has 0 aliphatic carbocycles. The van der Waals surface area contributed by atoms with E-state index in [1.54, 1.807) is 0 Å². The van der Waals surface area contributed by atoms with Crippen LogP contribution in [0.5, 0.6) is 0 Å². The second kappa shape index (κ2) is 5.09. The molecule has 0 aliphatic rings. The van der Waals surface area contributed by atoms with E-state index in [0.29, 0.717) is 0 Å². The van der Waals surface area contributed by atoms with Gasteiger partial charge in [-0.2, -0.15) is 0 Å². The molecule has 0 spiro atoms. The molecule has 1 aromatic rings. The van der Waals surface area contributed by atoms with Gasteiger partial charge in [-0.1, -0.05) is 0 Å². The van der Waals surface area contributed by atoms with Gasteiger partial charge in [0, 0.05) is 12.1 Å². The molecule has 0 saturated heterocycles. The molecule has 0 atom stereocenters. The molecule has 1 nitrogen and oxygen atoms in total. The van der Waals surface area contributed by atoms with E-state index in [1.807, 2.05) is 0 Å². The molecular weight excluding hydrogens is 203 g/mol. The van der Waals surface area contributed by atoms with Gasteiger partial charge in [0.05, 0.1) is 0 Å². The summed E-state index contributed by atoms with van der Waals surface area (Å²) in [7, 11) is 1.53. The van der Waals surface area contributed by atoms with Gasteiger partial charge in [-0.05, 0) is 19.2 Å². The zero-order chi connectivity index (χ0) is 9.14. The van der Waals surface area contributed by atoms with Gasteiger partial charge in [0.2, 0.25) is 0 Å². The smallest absolute Gasteiger partial charge is 0.166 e. The Kier molecular flexibility index (Phi) is 4.80. The molecular formula is C8H9ClF3N. The predicted molar refractivity (Wildman–Crippen MR) is 46.3 cm³/mol. The lowest BCUT2D eigenvalue weighted by Crippen LogP contribution is -2.10. The molecule has 0 aromatic heterocycles. The summed E-state index contributed by atoms with van der Waals surface area (Å²) in [5.41, 5.74) is -0.266. The van der Waals surface area contributed by atoms with E-state index in [2.05, 4.69) is 5.32 Å². The highest BCUT2D eigenvalue weighted by molar-refractivity contribution is 5.85. The van der Waals surface area contributed by atoms with Crippen molar-refractivity contribution in [3.63, 3.8) is 0 Å². The fraction of sp³-hybridized carbons (Fsp3) is 0.250. The van der Waals surface area contributed by atoms with Crippen LogP contribution in [0.25, 0.3) is 0 Å². The summed E-state index contributed by atoms with van der Waals surface area (Å²) in [5.74, 6) is -2.88. The molecule has 0 heterocycles. The SMILES string of the molecule is CNCc1c(F)ccc(F)c1F.Cl. The molecule has 0 fully saturated rings. The first-order valence-electron chi connectivity index (χ1n) is 3.43. The Labute approximate surface area is 80.4 Å². The molecule has 5 heteroatoms. The van der Waals surface area contributed by atoms with Crippen LogP contribution in [0.4, 0.5) is 13.2 Å². The van der Waals surface area contributed by atoms with Gasteiger partial charge in [0.25, 0.3) is 0 Å². The van der Waals surface area contributed by atoms with Crippen molar-refractivity contribution >= 4 is 12.4 Å². The Morgan fingerprint density at radius 2 is 1.69 bits per heavy atom. The number of halogens is 4. The van der Waals surface area contributed by atoms with Gasteiger partial charge in [0.1, 0.15) is 5.82 Å². The number of hydrogen-bond acceptors (Lipinski definition) is 1. The summed E-state index contributed by atoms with van der Waals surface area (Å²) in [6.07, 6.45) is 0. The summed E-state index contributed by atoms with van der Waals surface area (Å²) in [6.45, 7) is -0.0184. The first-order chi connectivity index (χ1) is 5.66. The van der Waals surface area contributed by atoms with Crippen LogP contribution in [0.3, 0.4) is 0 Å². The van der Waals surface area contributed by atoms with E-state index in [0.717, 1.165) is 12.1 Å². The van der Waals surface area contributed by atoms with Crippen molar-refractivity contribution in [2.75, 3.05) is 7.05 Å². The van der Waals surface area contributed by atoms with Gasteiger partial charge >= 0.3 is 0 Å². The fourth-order valence-electron chi connectivity index (χ4n) is 0.908. The third kappa shape index (κ3) is 2.60. The molecule has 0 radical (unpaired) electrons. The van der Waals surface area contributed by atoms with Crippen LogP contribution < -0.4 is 5.32 Å². The minimum absolute atomic E-state index is 0. The van der Waals surface area contributed by atoms with Crippen molar-refractivity contribution in [2.24, 2.45) is 0 Å². The van der Waals surface area contributed by atoms with Crippen molar-refractivity contribution in [3.8, 4) is 0 Å². The standard InChI is InChI=1S/C8H8F3N.ClH/c1-12-4-5-6(9)2-3-7(10)8(5)11;/h2-3,12H,4H2,1H3;1H. The minimum Gasteiger partial charge on any atom is -0.315 e. The Hall–Kier alpha value is -0.740. The largest absolute Gasteiger partial charge is 0.315 e. The minimum atomic E-state index is -1.12. The lowest BCUT2D eigenvalue weighted by molar-refractivity contribution is 0.475. The average molecular weight is 212 g/mol. The van der Waals surface area contributed by atoms with Crippen LogP contribution >= 0.6 is 12.4 Å². The average Bonchev–Trinajstić information content (AvgIpc) is 2.06. The zero-order valence-electron chi connectivity index (χ0n) is 6.90. The van der Waals surface area contributed by atoms with Crippen LogP contribution in [0.15, 0.2) is 12.1 Å². The van der Waals surface area contributed by atoms with Crippen LogP contribution in [-0.4, -0.2) is 7.05 Å². The van der Waals surface area contributed by atoms with Crippen molar-refractivity contribution in [3.05, 3.63) is 35.1 Å². The van der Waals surface area contributed by atoms with E-state index >= 15 is 0 Å². The van der Waals surface area contributed by atoms with Gasteiger partial charge in [-0.3, -0.25) is 0 Å². The maximum atomic E-state index is 12.8. The van der Waals surface area contributed by atoms with Crippen molar-refractivity contribution in [1.29, 1.82) is 0 Å². The maximum Gasteiger partial charge on any atom is 0.166 e. The molecule has 0 amide bonds. The topological polar surface area (TPSA) is 12.0 Å². The molecule has 1 aromatic carbocycles. The Balaban J connectivity index is 0.00000144. The van der Waals surface area contributed by atoms with Crippen molar-refractivity contribution < 1.29 is 13.2 Å². The van der Waals surface area contributed by atoms with Crippen LogP contribution in [0.2, 0.25) is 0 Å². The number of hydrogen-bond donors (Lipinski definition) is 1. The first-order valence-corrected chi connectivity index (χ1v) is 3.43. The number of nitrogens with one attached hydrogen (secondary N) is 1. The fourth-order valence-corrected chi connectivity index (χ4v) is 0.908. The molecule has 1 N–H and O–H groups in total. The molecule has 0 aliphatic heterocycles. The predicted octanol–water partition coefficient (Wildman–Crippen LogP) is 2.25. The van der Waals surface area contributed by atoms with Crippen LogP contribution in [-0.2, 0) is 6.54 Å². The summed E-state index contributed by atoms with van der Waals surface area (Å²) < 4.78 is 38.1. The van der Waals surface area contributed by atoms with Gasteiger partial charge in [-0.25, -0.2) is 13.2 Å². The number of benzene rings is 1. The van der Waals surface area contributed by atoms with Crippen LogP contribution in [0, 0.1) is 17.5 Å². The maximum absolute atomic E-state index is 12.8. The highest BCUT2D eigenvalue weighted by Crippen LogP contribution is 2.14. The number of rotatable bonds is 2. The highest BCUT2D eigenvalue weighted by Gasteiger charge is 2.11. The van der Waals surface area contributed by atoms with Gasteiger partial charge in [0.15, 0.2) is 11.6 Å². The monoisotopic (exact) mass is 211 g/mol. The van der Waals surface area contributed by atoms with Crippen molar-refractivity contribution in [1.82, 2.24) is 5.32 Å². The summed E-state index contributed by atoms with van der Waals surface area (Å²) in [5, 5.41) is 2.55. The van der Waals surface area contributed by atoms with E-state index < -0.39 is 17.5 Å². The van der Waals surface area contributed by atoms with E-state index in [9.17, 15) is 13.2 Å². The molecule has 74 valence electrons. The normalized spacial score (nSPS) is 9.54. The highest BCUT2D eigenvalue weighted by atomic mass is 35.5. The Bertz CT molecular complexity index is 291. The first kappa shape index (κ1) is 12.3.